The summed E-state index contributed by atoms with van der Waals surface area (Å²) in [7, 11) is 2.00. The Bertz CT molecular complexity index is 453. The van der Waals surface area contributed by atoms with Crippen molar-refractivity contribution < 1.29 is 0 Å². The van der Waals surface area contributed by atoms with Crippen molar-refractivity contribution in [1.29, 1.82) is 0 Å². The third-order valence-corrected chi connectivity index (χ3v) is 4.70. The average Bonchev–Trinajstić information content (AvgIpc) is 2.46. The van der Waals surface area contributed by atoms with Gasteiger partial charge in [0.05, 0.1) is 16.4 Å². The SMILES string of the molecule is Cc1nn(C)c(CC2(CNC(C)(C)C)CCC2)c1Cl. The molecule has 1 fully saturated rings. The Morgan fingerprint density at radius 2 is 2.00 bits per heavy atom. The number of aromatic nitrogens is 2. The van der Waals surface area contributed by atoms with Gasteiger partial charge in [-0.25, -0.2) is 0 Å². The van der Waals surface area contributed by atoms with Crippen molar-refractivity contribution in [3.05, 3.63) is 16.4 Å². The third-order valence-electron chi connectivity index (χ3n) is 4.21. The highest BCUT2D eigenvalue weighted by Crippen LogP contribution is 2.44. The molecule has 1 N–H and O–H groups in total. The maximum atomic E-state index is 6.39. The van der Waals surface area contributed by atoms with Crippen molar-refractivity contribution in [3.8, 4) is 0 Å². The van der Waals surface area contributed by atoms with E-state index < -0.39 is 0 Å². The van der Waals surface area contributed by atoms with Crippen LogP contribution in [0.3, 0.4) is 0 Å². The molecule has 1 aromatic heterocycles. The fourth-order valence-corrected chi connectivity index (χ4v) is 3.00. The molecule has 0 bridgehead atoms. The van der Waals surface area contributed by atoms with Crippen LogP contribution in [0, 0.1) is 12.3 Å². The van der Waals surface area contributed by atoms with Crippen molar-refractivity contribution in [3.63, 3.8) is 0 Å². The van der Waals surface area contributed by atoms with Gasteiger partial charge in [-0.3, -0.25) is 4.68 Å². The zero-order valence-corrected chi connectivity index (χ0v) is 13.6. The lowest BCUT2D eigenvalue weighted by Crippen LogP contribution is -2.48. The summed E-state index contributed by atoms with van der Waals surface area (Å²) in [5, 5.41) is 8.94. The lowest BCUT2D eigenvalue weighted by Gasteiger charge is -2.44. The molecule has 0 saturated heterocycles. The van der Waals surface area contributed by atoms with Gasteiger partial charge in [0.1, 0.15) is 0 Å². The third kappa shape index (κ3) is 3.32. The lowest BCUT2D eigenvalue weighted by atomic mass is 9.65. The first-order valence-corrected chi connectivity index (χ1v) is 7.53. The van der Waals surface area contributed by atoms with Gasteiger partial charge in [-0.2, -0.15) is 5.10 Å². The second-order valence-electron chi connectivity index (χ2n) is 7.10. The summed E-state index contributed by atoms with van der Waals surface area (Å²) < 4.78 is 1.95. The largest absolute Gasteiger partial charge is 0.312 e. The first-order valence-electron chi connectivity index (χ1n) is 7.15. The number of nitrogens with zero attached hydrogens (tertiary/aromatic N) is 2. The van der Waals surface area contributed by atoms with Crippen LogP contribution in [0.25, 0.3) is 0 Å². The molecule has 108 valence electrons. The molecule has 2 rings (SSSR count). The van der Waals surface area contributed by atoms with Gasteiger partial charge in [-0.15, -0.1) is 0 Å². The molecule has 0 atom stereocenters. The number of aryl methyl sites for hydroxylation is 2. The monoisotopic (exact) mass is 283 g/mol. The molecule has 1 saturated carbocycles. The standard InChI is InChI=1S/C15H26ClN3/c1-11-13(16)12(19(5)18-11)9-15(7-6-8-15)10-17-14(2,3)4/h17H,6-10H2,1-5H3. The van der Waals surface area contributed by atoms with E-state index in [1.165, 1.54) is 25.0 Å². The van der Waals surface area contributed by atoms with Gasteiger partial charge in [0.2, 0.25) is 0 Å². The number of hydrogen-bond acceptors (Lipinski definition) is 2. The first-order chi connectivity index (χ1) is 8.72. The van der Waals surface area contributed by atoms with E-state index in [4.69, 9.17) is 11.6 Å². The van der Waals surface area contributed by atoms with E-state index in [-0.39, 0.29) is 5.54 Å². The summed E-state index contributed by atoms with van der Waals surface area (Å²) in [6, 6.07) is 0. The zero-order valence-electron chi connectivity index (χ0n) is 12.8. The van der Waals surface area contributed by atoms with Gasteiger partial charge in [-0.1, -0.05) is 18.0 Å². The molecule has 3 nitrogen and oxygen atoms in total. The van der Waals surface area contributed by atoms with E-state index in [2.05, 4.69) is 31.2 Å². The Balaban J connectivity index is 2.10. The molecule has 1 aliphatic carbocycles. The quantitative estimate of drug-likeness (QED) is 0.917. The van der Waals surface area contributed by atoms with Crippen LogP contribution < -0.4 is 5.32 Å². The molecule has 1 aliphatic rings. The van der Waals surface area contributed by atoms with Crippen LogP contribution in [-0.4, -0.2) is 21.9 Å². The molecule has 0 unspecified atom stereocenters. The minimum absolute atomic E-state index is 0.175. The Labute approximate surface area is 121 Å². The minimum atomic E-state index is 0.175. The summed E-state index contributed by atoms with van der Waals surface area (Å²) >= 11 is 6.39. The van der Waals surface area contributed by atoms with E-state index in [0.717, 1.165) is 23.7 Å². The zero-order chi connectivity index (χ0) is 14.3. The Morgan fingerprint density at radius 1 is 1.37 bits per heavy atom. The molecule has 1 heterocycles. The van der Waals surface area contributed by atoms with Gasteiger partial charge >= 0.3 is 0 Å². The van der Waals surface area contributed by atoms with Crippen LogP contribution >= 0.6 is 11.6 Å². The highest BCUT2D eigenvalue weighted by molar-refractivity contribution is 6.31. The van der Waals surface area contributed by atoms with Crippen molar-refractivity contribution >= 4 is 11.6 Å². The molecular weight excluding hydrogens is 258 g/mol. The summed E-state index contributed by atoms with van der Waals surface area (Å²) in [5.74, 6) is 0. The summed E-state index contributed by atoms with van der Waals surface area (Å²) in [5.41, 5.74) is 2.68. The van der Waals surface area contributed by atoms with E-state index in [1.807, 2.05) is 18.7 Å². The number of rotatable bonds is 4. The molecule has 0 amide bonds. The molecule has 0 aliphatic heterocycles. The second kappa shape index (κ2) is 5.10. The van der Waals surface area contributed by atoms with Crippen LogP contribution in [0.15, 0.2) is 0 Å². The van der Waals surface area contributed by atoms with Crippen molar-refractivity contribution in [2.45, 2.75) is 58.9 Å². The Morgan fingerprint density at radius 3 is 2.37 bits per heavy atom. The van der Waals surface area contributed by atoms with Gasteiger partial charge in [0.25, 0.3) is 0 Å². The number of nitrogens with one attached hydrogen (secondary N) is 1. The number of hydrogen-bond donors (Lipinski definition) is 1. The fraction of sp³-hybridized carbons (Fsp3) is 0.800. The van der Waals surface area contributed by atoms with Gasteiger partial charge in [-0.05, 0) is 52.4 Å². The smallest absolute Gasteiger partial charge is 0.0847 e. The van der Waals surface area contributed by atoms with E-state index in [9.17, 15) is 0 Å². The highest BCUT2D eigenvalue weighted by atomic mass is 35.5. The van der Waals surface area contributed by atoms with Crippen LogP contribution in [0.2, 0.25) is 5.02 Å². The van der Waals surface area contributed by atoms with Crippen LogP contribution in [0.4, 0.5) is 0 Å². The van der Waals surface area contributed by atoms with Crippen LogP contribution in [0.5, 0.6) is 0 Å². The second-order valence-corrected chi connectivity index (χ2v) is 7.48. The Kier molecular flexibility index (Phi) is 3.99. The first kappa shape index (κ1) is 14.9. The Hall–Kier alpha value is -0.540. The summed E-state index contributed by atoms with van der Waals surface area (Å²) in [6.45, 7) is 9.71. The predicted octanol–water partition coefficient (Wildman–Crippen LogP) is 3.48. The molecule has 1 aromatic rings. The summed E-state index contributed by atoms with van der Waals surface area (Å²) in [6.07, 6.45) is 4.94. The van der Waals surface area contributed by atoms with Crippen LogP contribution in [0.1, 0.15) is 51.4 Å². The molecule has 0 spiro atoms. The lowest BCUT2D eigenvalue weighted by molar-refractivity contribution is 0.115. The van der Waals surface area contributed by atoms with Crippen molar-refractivity contribution in [1.82, 2.24) is 15.1 Å². The van der Waals surface area contributed by atoms with Gasteiger partial charge in [0.15, 0.2) is 0 Å². The maximum absolute atomic E-state index is 6.39. The average molecular weight is 284 g/mol. The predicted molar refractivity (Wildman–Crippen MR) is 80.7 cm³/mol. The maximum Gasteiger partial charge on any atom is 0.0847 e. The summed E-state index contributed by atoms with van der Waals surface area (Å²) in [4.78, 5) is 0. The van der Waals surface area contributed by atoms with Gasteiger partial charge in [0, 0.05) is 19.1 Å². The fourth-order valence-electron chi connectivity index (χ4n) is 2.77. The molecule has 0 aromatic carbocycles. The number of halogens is 1. The minimum Gasteiger partial charge on any atom is -0.312 e. The molecule has 19 heavy (non-hydrogen) atoms. The normalized spacial score (nSPS) is 18.4. The van der Waals surface area contributed by atoms with E-state index in [0.29, 0.717) is 5.41 Å². The van der Waals surface area contributed by atoms with Crippen LogP contribution in [-0.2, 0) is 13.5 Å². The highest BCUT2D eigenvalue weighted by Gasteiger charge is 2.39. The molecular formula is C15H26ClN3. The van der Waals surface area contributed by atoms with E-state index >= 15 is 0 Å². The molecule has 4 heteroatoms. The van der Waals surface area contributed by atoms with Gasteiger partial charge < -0.3 is 5.32 Å². The van der Waals surface area contributed by atoms with Crippen molar-refractivity contribution in [2.75, 3.05) is 6.54 Å². The van der Waals surface area contributed by atoms with Crippen molar-refractivity contribution in [2.24, 2.45) is 12.5 Å². The topological polar surface area (TPSA) is 29.9 Å². The molecule has 0 radical (unpaired) electrons. The van der Waals surface area contributed by atoms with E-state index in [1.54, 1.807) is 0 Å².